The number of benzene rings is 2. The molecule has 0 spiro atoms. The minimum atomic E-state index is -0.836. The lowest BCUT2D eigenvalue weighted by molar-refractivity contribution is -0.139. The highest BCUT2D eigenvalue weighted by Gasteiger charge is 2.27. The quantitative estimate of drug-likeness (QED) is 0.838. The molecule has 1 aliphatic rings. The zero-order valence-electron chi connectivity index (χ0n) is 14.7. The number of piperidine rings is 1. The van der Waals surface area contributed by atoms with E-state index in [2.05, 4.69) is 5.32 Å². The van der Waals surface area contributed by atoms with Crippen molar-refractivity contribution in [2.45, 2.75) is 31.3 Å². The standard InChI is InChI=1S/C21H24N2O3/c24-20(17-9-5-2-6-10-17)23-13-11-18(12-14-23)22-19(21(25)26)15-16-7-3-1-4-8-16/h1-10,18-19,22H,11-15H2,(H,25,26). The Morgan fingerprint density at radius 3 is 2.15 bits per heavy atom. The topological polar surface area (TPSA) is 69.6 Å². The van der Waals surface area contributed by atoms with Gasteiger partial charge >= 0.3 is 5.97 Å². The number of nitrogens with one attached hydrogen (secondary N) is 1. The van der Waals surface area contributed by atoms with Crippen LogP contribution in [0.25, 0.3) is 0 Å². The second-order valence-corrected chi connectivity index (χ2v) is 6.68. The highest BCUT2D eigenvalue weighted by molar-refractivity contribution is 5.94. The van der Waals surface area contributed by atoms with Crippen LogP contribution in [0, 0.1) is 0 Å². The van der Waals surface area contributed by atoms with E-state index in [0.29, 0.717) is 25.1 Å². The van der Waals surface area contributed by atoms with Crippen LogP contribution in [-0.2, 0) is 11.2 Å². The zero-order valence-corrected chi connectivity index (χ0v) is 14.7. The van der Waals surface area contributed by atoms with Gasteiger partial charge in [0.1, 0.15) is 6.04 Å². The number of carboxylic acids is 1. The third-order valence-corrected chi connectivity index (χ3v) is 4.82. The molecular weight excluding hydrogens is 328 g/mol. The Kier molecular flexibility index (Phi) is 6.02. The summed E-state index contributed by atoms with van der Waals surface area (Å²) < 4.78 is 0. The fourth-order valence-electron chi connectivity index (χ4n) is 3.36. The Bertz CT molecular complexity index is 725. The number of amides is 1. The van der Waals surface area contributed by atoms with Crippen molar-refractivity contribution in [1.82, 2.24) is 10.2 Å². The van der Waals surface area contributed by atoms with Gasteiger partial charge in [-0.2, -0.15) is 0 Å². The van der Waals surface area contributed by atoms with E-state index in [1.807, 2.05) is 65.6 Å². The van der Waals surface area contributed by atoms with Gasteiger partial charge in [0.2, 0.25) is 0 Å². The molecular formula is C21H24N2O3. The summed E-state index contributed by atoms with van der Waals surface area (Å²) in [5.41, 5.74) is 1.70. The van der Waals surface area contributed by atoms with Gasteiger partial charge in [-0.25, -0.2) is 0 Å². The number of carbonyl (C=O) groups is 2. The Morgan fingerprint density at radius 2 is 1.58 bits per heavy atom. The molecule has 5 nitrogen and oxygen atoms in total. The van der Waals surface area contributed by atoms with Gasteiger partial charge in [0.25, 0.3) is 5.91 Å². The van der Waals surface area contributed by atoms with Crippen LogP contribution in [0.5, 0.6) is 0 Å². The van der Waals surface area contributed by atoms with E-state index in [1.165, 1.54) is 0 Å². The first-order valence-electron chi connectivity index (χ1n) is 9.00. The molecule has 0 radical (unpaired) electrons. The maximum absolute atomic E-state index is 12.5. The van der Waals surface area contributed by atoms with Crippen molar-refractivity contribution >= 4 is 11.9 Å². The van der Waals surface area contributed by atoms with E-state index < -0.39 is 12.0 Å². The molecule has 0 aromatic heterocycles. The molecule has 1 amide bonds. The lowest BCUT2D eigenvalue weighted by atomic mass is 10.00. The lowest BCUT2D eigenvalue weighted by Crippen LogP contribution is -2.50. The lowest BCUT2D eigenvalue weighted by Gasteiger charge is -2.34. The highest BCUT2D eigenvalue weighted by atomic mass is 16.4. The van der Waals surface area contributed by atoms with Crippen molar-refractivity contribution < 1.29 is 14.7 Å². The number of hydrogen-bond acceptors (Lipinski definition) is 3. The number of carboxylic acid groups (broad SMARTS) is 1. The smallest absolute Gasteiger partial charge is 0.321 e. The fraction of sp³-hybridized carbons (Fsp3) is 0.333. The SMILES string of the molecule is O=C(O)C(Cc1ccccc1)NC1CCN(C(=O)c2ccccc2)CC1. The van der Waals surface area contributed by atoms with Crippen LogP contribution < -0.4 is 5.32 Å². The third-order valence-electron chi connectivity index (χ3n) is 4.82. The summed E-state index contributed by atoms with van der Waals surface area (Å²) in [4.78, 5) is 25.9. The normalized spacial score (nSPS) is 16.2. The second-order valence-electron chi connectivity index (χ2n) is 6.68. The molecule has 1 heterocycles. The van der Waals surface area contributed by atoms with E-state index in [-0.39, 0.29) is 11.9 Å². The number of likely N-dealkylation sites (tertiary alicyclic amines) is 1. The number of rotatable bonds is 6. The summed E-state index contributed by atoms with van der Waals surface area (Å²) in [6.07, 6.45) is 1.98. The molecule has 1 unspecified atom stereocenters. The minimum absolute atomic E-state index is 0.0446. The van der Waals surface area contributed by atoms with Crippen LogP contribution in [0.1, 0.15) is 28.8 Å². The van der Waals surface area contributed by atoms with Crippen molar-refractivity contribution in [3.8, 4) is 0 Å². The molecule has 3 rings (SSSR count). The van der Waals surface area contributed by atoms with Crippen LogP contribution in [0.3, 0.4) is 0 Å². The third kappa shape index (κ3) is 4.70. The van der Waals surface area contributed by atoms with Gasteiger partial charge in [-0.05, 0) is 37.0 Å². The molecule has 0 aliphatic carbocycles. The van der Waals surface area contributed by atoms with Gasteiger partial charge < -0.3 is 15.3 Å². The van der Waals surface area contributed by atoms with Gasteiger partial charge in [-0.15, -0.1) is 0 Å². The van der Waals surface area contributed by atoms with Crippen molar-refractivity contribution in [2.24, 2.45) is 0 Å². The monoisotopic (exact) mass is 352 g/mol. The number of hydrogen-bond donors (Lipinski definition) is 2. The molecule has 1 atom stereocenters. The van der Waals surface area contributed by atoms with E-state index in [1.54, 1.807) is 0 Å². The zero-order chi connectivity index (χ0) is 18.4. The molecule has 2 aromatic carbocycles. The molecule has 0 bridgehead atoms. The molecule has 26 heavy (non-hydrogen) atoms. The minimum Gasteiger partial charge on any atom is -0.480 e. The largest absolute Gasteiger partial charge is 0.480 e. The summed E-state index contributed by atoms with van der Waals surface area (Å²) in [6, 6.07) is 18.4. The molecule has 5 heteroatoms. The van der Waals surface area contributed by atoms with Gasteiger partial charge in [0.15, 0.2) is 0 Å². The molecule has 2 aromatic rings. The molecule has 1 aliphatic heterocycles. The van der Waals surface area contributed by atoms with Crippen LogP contribution in [-0.4, -0.2) is 47.1 Å². The Morgan fingerprint density at radius 1 is 1.00 bits per heavy atom. The Hall–Kier alpha value is -2.66. The fourth-order valence-corrected chi connectivity index (χ4v) is 3.36. The van der Waals surface area contributed by atoms with Gasteiger partial charge in [0.05, 0.1) is 0 Å². The van der Waals surface area contributed by atoms with Crippen molar-refractivity contribution in [3.63, 3.8) is 0 Å². The van der Waals surface area contributed by atoms with Gasteiger partial charge in [-0.1, -0.05) is 48.5 Å². The maximum atomic E-state index is 12.5. The molecule has 1 saturated heterocycles. The van der Waals surface area contributed by atoms with E-state index in [4.69, 9.17) is 0 Å². The first kappa shape index (κ1) is 18.1. The average Bonchev–Trinajstić information content (AvgIpc) is 2.69. The van der Waals surface area contributed by atoms with E-state index in [9.17, 15) is 14.7 Å². The van der Waals surface area contributed by atoms with E-state index in [0.717, 1.165) is 18.4 Å². The van der Waals surface area contributed by atoms with Crippen LogP contribution in [0.2, 0.25) is 0 Å². The number of aliphatic carboxylic acids is 1. The van der Waals surface area contributed by atoms with Crippen LogP contribution in [0.4, 0.5) is 0 Å². The van der Waals surface area contributed by atoms with Crippen molar-refractivity contribution in [3.05, 3.63) is 71.8 Å². The van der Waals surface area contributed by atoms with Crippen molar-refractivity contribution in [1.29, 1.82) is 0 Å². The summed E-state index contributed by atoms with van der Waals surface area (Å²) in [7, 11) is 0. The predicted octanol–water partition coefficient (Wildman–Crippen LogP) is 2.58. The first-order valence-corrected chi connectivity index (χ1v) is 9.00. The maximum Gasteiger partial charge on any atom is 0.321 e. The number of carbonyl (C=O) groups excluding carboxylic acids is 1. The average molecular weight is 352 g/mol. The van der Waals surface area contributed by atoms with Crippen molar-refractivity contribution in [2.75, 3.05) is 13.1 Å². The molecule has 2 N–H and O–H groups in total. The summed E-state index contributed by atoms with van der Waals surface area (Å²) in [6.45, 7) is 1.28. The number of nitrogens with zero attached hydrogens (tertiary/aromatic N) is 1. The Balaban J connectivity index is 1.53. The van der Waals surface area contributed by atoms with E-state index >= 15 is 0 Å². The molecule has 136 valence electrons. The molecule has 0 saturated carbocycles. The molecule has 1 fully saturated rings. The van der Waals surface area contributed by atoms with Crippen LogP contribution in [0.15, 0.2) is 60.7 Å². The van der Waals surface area contributed by atoms with Crippen LogP contribution >= 0.6 is 0 Å². The summed E-state index contributed by atoms with van der Waals surface area (Å²) >= 11 is 0. The summed E-state index contributed by atoms with van der Waals surface area (Å²) in [5, 5.41) is 12.8. The second kappa shape index (κ2) is 8.63. The Labute approximate surface area is 153 Å². The predicted molar refractivity (Wildman–Crippen MR) is 100 cm³/mol. The first-order chi connectivity index (χ1) is 12.6. The van der Waals surface area contributed by atoms with Gasteiger partial charge in [-0.3, -0.25) is 9.59 Å². The highest BCUT2D eigenvalue weighted by Crippen LogP contribution is 2.15. The van der Waals surface area contributed by atoms with Gasteiger partial charge in [0, 0.05) is 24.7 Å². The summed E-state index contributed by atoms with van der Waals surface area (Å²) in [5.74, 6) is -0.792.